The number of rotatable bonds is 2. The summed E-state index contributed by atoms with van der Waals surface area (Å²) in [4.78, 5) is 20.9. The molecule has 2 N–H and O–H groups in total. The highest BCUT2D eigenvalue weighted by atomic mass is 127. The molecule has 0 bridgehead atoms. The van der Waals surface area contributed by atoms with Gasteiger partial charge in [-0.2, -0.15) is 0 Å². The lowest BCUT2D eigenvalue weighted by molar-refractivity contribution is -0.119. The van der Waals surface area contributed by atoms with Crippen LogP contribution in [0.3, 0.4) is 0 Å². The summed E-state index contributed by atoms with van der Waals surface area (Å²) in [7, 11) is 0. The number of nitrogens with one attached hydrogen (secondary N) is 2. The molecule has 5 nitrogen and oxygen atoms in total. The molecule has 126 valence electrons. The Bertz CT molecular complexity index is 1030. The van der Waals surface area contributed by atoms with Gasteiger partial charge in [0.2, 0.25) is 5.91 Å². The van der Waals surface area contributed by atoms with Gasteiger partial charge in [-0.15, -0.1) is 0 Å². The molecule has 1 aliphatic heterocycles. The molecular weight excluding hydrogens is 427 g/mol. The summed E-state index contributed by atoms with van der Waals surface area (Å²) in [6.07, 6.45) is 1.57. The van der Waals surface area contributed by atoms with E-state index in [-0.39, 0.29) is 5.91 Å². The zero-order valence-corrected chi connectivity index (χ0v) is 16.3. The molecule has 0 atom stereocenters. The van der Waals surface area contributed by atoms with Gasteiger partial charge in [0.25, 0.3) is 0 Å². The quantitative estimate of drug-likeness (QED) is 0.571. The number of hydrogen-bond donors (Lipinski definition) is 2. The fourth-order valence-electron chi connectivity index (χ4n) is 3.10. The van der Waals surface area contributed by atoms with Gasteiger partial charge < -0.3 is 10.6 Å². The Hall–Kier alpha value is -2.22. The number of halogens is 1. The molecule has 6 heteroatoms. The van der Waals surface area contributed by atoms with Gasteiger partial charge in [-0.25, -0.2) is 9.97 Å². The Labute approximate surface area is 159 Å². The van der Waals surface area contributed by atoms with Gasteiger partial charge in [0.1, 0.15) is 12.1 Å². The van der Waals surface area contributed by atoms with Crippen molar-refractivity contribution < 1.29 is 4.79 Å². The second-order valence-electron chi connectivity index (χ2n) is 6.78. The minimum absolute atomic E-state index is 0.0252. The Kier molecular flexibility index (Phi) is 3.68. The standard InChI is InChI=1S/C19H17IN4O/c1-10-4-6-12-16(15(10)20)21-9-22-17(12)23-11-5-7-13-14(8-11)24-18(25)19(13,2)3/h4-9H,1-3H3,(H,24,25)(H,21,22,23). The van der Waals surface area contributed by atoms with Gasteiger partial charge in [0.15, 0.2) is 0 Å². The smallest absolute Gasteiger partial charge is 0.234 e. The highest BCUT2D eigenvalue weighted by Gasteiger charge is 2.38. The van der Waals surface area contributed by atoms with Crippen LogP contribution >= 0.6 is 22.6 Å². The van der Waals surface area contributed by atoms with Crippen LogP contribution in [0.5, 0.6) is 0 Å². The number of fused-ring (bicyclic) bond motifs is 2. The molecule has 0 unspecified atom stereocenters. The highest BCUT2D eigenvalue weighted by Crippen LogP contribution is 2.39. The molecule has 0 spiro atoms. The van der Waals surface area contributed by atoms with Crippen LogP contribution in [0, 0.1) is 10.5 Å². The maximum absolute atomic E-state index is 12.1. The van der Waals surface area contributed by atoms with Crippen molar-refractivity contribution in [2.45, 2.75) is 26.2 Å². The zero-order chi connectivity index (χ0) is 17.8. The first-order valence-corrected chi connectivity index (χ1v) is 9.08. The number of benzene rings is 2. The number of hydrogen-bond acceptors (Lipinski definition) is 4. The Morgan fingerprint density at radius 2 is 1.96 bits per heavy atom. The lowest BCUT2D eigenvalue weighted by atomic mass is 9.86. The second-order valence-corrected chi connectivity index (χ2v) is 7.86. The molecule has 2 heterocycles. The summed E-state index contributed by atoms with van der Waals surface area (Å²) < 4.78 is 1.13. The van der Waals surface area contributed by atoms with Crippen molar-refractivity contribution in [3.63, 3.8) is 0 Å². The average molecular weight is 444 g/mol. The van der Waals surface area contributed by atoms with Gasteiger partial charge in [-0.1, -0.05) is 12.1 Å². The molecule has 0 radical (unpaired) electrons. The minimum Gasteiger partial charge on any atom is -0.340 e. The van der Waals surface area contributed by atoms with Crippen LogP contribution in [0.25, 0.3) is 10.9 Å². The first kappa shape index (κ1) is 16.3. The third kappa shape index (κ3) is 2.55. The largest absolute Gasteiger partial charge is 0.340 e. The monoisotopic (exact) mass is 444 g/mol. The van der Waals surface area contributed by atoms with E-state index in [0.29, 0.717) is 0 Å². The number of amides is 1. The number of aromatic nitrogens is 2. The van der Waals surface area contributed by atoms with Crippen molar-refractivity contribution in [1.82, 2.24) is 9.97 Å². The number of aryl methyl sites for hydroxylation is 1. The van der Waals surface area contributed by atoms with Crippen LogP contribution < -0.4 is 10.6 Å². The van der Waals surface area contributed by atoms with E-state index in [9.17, 15) is 4.79 Å². The van der Waals surface area contributed by atoms with Gasteiger partial charge in [-0.3, -0.25) is 4.79 Å². The molecular formula is C19H17IN4O. The lowest BCUT2D eigenvalue weighted by Gasteiger charge is -2.15. The molecule has 0 fully saturated rings. The predicted molar refractivity (Wildman–Crippen MR) is 108 cm³/mol. The third-order valence-electron chi connectivity index (χ3n) is 4.71. The van der Waals surface area contributed by atoms with Crippen LogP contribution in [-0.2, 0) is 10.2 Å². The van der Waals surface area contributed by atoms with Crippen molar-refractivity contribution in [1.29, 1.82) is 0 Å². The van der Waals surface area contributed by atoms with Crippen molar-refractivity contribution in [2.75, 3.05) is 10.6 Å². The van der Waals surface area contributed by atoms with E-state index < -0.39 is 5.41 Å². The SMILES string of the molecule is Cc1ccc2c(Nc3ccc4c(c3)NC(=O)C4(C)C)ncnc2c1I. The molecule has 1 aromatic heterocycles. The molecule has 4 rings (SSSR count). The topological polar surface area (TPSA) is 66.9 Å². The molecule has 3 aromatic rings. The number of carbonyl (C=O) groups is 1. The average Bonchev–Trinajstić information content (AvgIpc) is 2.80. The maximum Gasteiger partial charge on any atom is 0.234 e. The van der Waals surface area contributed by atoms with E-state index in [2.05, 4.69) is 56.2 Å². The first-order chi connectivity index (χ1) is 11.9. The molecule has 1 aliphatic rings. The molecule has 25 heavy (non-hydrogen) atoms. The molecule has 0 aliphatic carbocycles. The molecule has 2 aromatic carbocycles. The molecule has 0 saturated heterocycles. The Morgan fingerprint density at radius 1 is 1.16 bits per heavy atom. The van der Waals surface area contributed by atoms with Crippen LogP contribution in [0.1, 0.15) is 25.0 Å². The maximum atomic E-state index is 12.1. The fraction of sp³-hybridized carbons (Fsp3) is 0.211. The number of carbonyl (C=O) groups excluding carboxylic acids is 1. The molecule has 0 saturated carbocycles. The van der Waals surface area contributed by atoms with Gasteiger partial charge in [-0.05, 0) is 72.7 Å². The predicted octanol–water partition coefficient (Wildman–Crippen LogP) is 4.52. The zero-order valence-electron chi connectivity index (χ0n) is 14.1. The number of anilines is 3. The van der Waals surface area contributed by atoms with E-state index in [4.69, 9.17) is 0 Å². The van der Waals surface area contributed by atoms with E-state index in [0.717, 1.165) is 37.2 Å². The summed E-state index contributed by atoms with van der Waals surface area (Å²) in [5, 5.41) is 7.29. The van der Waals surface area contributed by atoms with Crippen LogP contribution in [0.4, 0.5) is 17.2 Å². The Morgan fingerprint density at radius 3 is 2.76 bits per heavy atom. The van der Waals surface area contributed by atoms with Crippen LogP contribution in [0.2, 0.25) is 0 Å². The lowest BCUT2D eigenvalue weighted by Crippen LogP contribution is -2.26. The van der Waals surface area contributed by atoms with Crippen molar-refractivity contribution in [3.8, 4) is 0 Å². The Balaban J connectivity index is 1.75. The summed E-state index contributed by atoms with van der Waals surface area (Å²) in [5.74, 6) is 0.781. The van der Waals surface area contributed by atoms with E-state index in [1.807, 2.05) is 38.1 Å². The summed E-state index contributed by atoms with van der Waals surface area (Å²) in [6, 6.07) is 10.0. The molecule has 1 amide bonds. The van der Waals surface area contributed by atoms with E-state index in [1.165, 1.54) is 5.56 Å². The van der Waals surface area contributed by atoms with Crippen molar-refractivity contribution in [3.05, 3.63) is 51.4 Å². The summed E-state index contributed by atoms with van der Waals surface area (Å²) >= 11 is 2.31. The highest BCUT2D eigenvalue weighted by molar-refractivity contribution is 14.1. The van der Waals surface area contributed by atoms with Crippen molar-refractivity contribution in [2.24, 2.45) is 0 Å². The summed E-state index contributed by atoms with van der Waals surface area (Å²) in [5.41, 5.74) is 4.38. The summed E-state index contributed by atoms with van der Waals surface area (Å²) in [6.45, 7) is 5.94. The van der Waals surface area contributed by atoms with Crippen molar-refractivity contribution >= 4 is 56.6 Å². The number of nitrogens with zero attached hydrogens (tertiary/aromatic N) is 2. The minimum atomic E-state index is -0.497. The first-order valence-electron chi connectivity index (χ1n) is 8.01. The van der Waals surface area contributed by atoms with E-state index in [1.54, 1.807) is 6.33 Å². The third-order valence-corrected chi connectivity index (χ3v) is 6.07. The van der Waals surface area contributed by atoms with Gasteiger partial charge >= 0.3 is 0 Å². The normalized spacial score (nSPS) is 15.1. The van der Waals surface area contributed by atoms with Gasteiger partial charge in [0, 0.05) is 20.3 Å². The van der Waals surface area contributed by atoms with Crippen LogP contribution in [-0.4, -0.2) is 15.9 Å². The van der Waals surface area contributed by atoms with E-state index >= 15 is 0 Å². The van der Waals surface area contributed by atoms with Gasteiger partial charge in [0.05, 0.1) is 10.9 Å². The fourth-order valence-corrected chi connectivity index (χ4v) is 3.71. The second kappa shape index (κ2) is 5.66. The van der Waals surface area contributed by atoms with Crippen LogP contribution in [0.15, 0.2) is 36.7 Å².